The highest BCUT2D eigenvalue weighted by molar-refractivity contribution is 14.1. The highest BCUT2D eigenvalue weighted by atomic mass is 127. The Bertz CT molecular complexity index is 397. The quantitative estimate of drug-likeness (QED) is 0.729. The van der Waals surface area contributed by atoms with Crippen molar-refractivity contribution in [2.75, 3.05) is 0 Å². The molecule has 0 spiro atoms. The van der Waals surface area contributed by atoms with Crippen molar-refractivity contribution in [1.29, 1.82) is 0 Å². The minimum absolute atomic E-state index is 0.343. The van der Waals surface area contributed by atoms with Gasteiger partial charge in [0.05, 0.1) is 0 Å². The van der Waals surface area contributed by atoms with Crippen LogP contribution in [0.1, 0.15) is 5.69 Å². The summed E-state index contributed by atoms with van der Waals surface area (Å²) in [5, 5.41) is 0. The highest BCUT2D eigenvalue weighted by Crippen LogP contribution is 2.18. The number of rotatable bonds is 1. The van der Waals surface area contributed by atoms with E-state index in [9.17, 15) is 18.0 Å². The topological polar surface area (TPSA) is 22.0 Å². The van der Waals surface area contributed by atoms with E-state index in [2.05, 4.69) is 0 Å². The number of hydrogen-bond acceptors (Lipinski definition) is 1. The van der Waals surface area contributed by atoms with E-state index in [1.54, 1.807) is 0 Å². The van der Waals surface area contributed by atoms with Gasteiger partial charge in [-0.1, -0.05) is 0 Å². The number of halogens is 4. The maximum Gasteiger partial charge on any atom is 0.406 e. The molecule has 0 bridgehead atoms. The van der Waals surface area contributed by atoms with E-state index < -0.39 is 18.3 Å². The molecule has 1 heterocycles. The Morgan fingerprint density at radius 3 is 2.50 bits per heavy atom. The Labute approximate surface area is 91.9 Å². The molecule has 1 rings (SSSR count). The SMILES string of the molecule is Cc1c(I)ccc(=O)n1CC(F)(F)F. The largest absolute Gasteiger partial charge is 0.406 e. The van der Waals surface area contributed by atoms with E-state index in [-0.39, 0.29) is 0 Å². The molecule has 78 valence electrons. The zero-order valence-electron chi connectivity index (χ0n) is 7.23. The van der Waals surface area contributed by atoms with Gasteiger partial charge < -0.3 is 4.57 Å². The summed E-state index contributed by atoms with van der Waals surface area (Å²) in [6.07, 6.45) is -4.36. The van der Waals surface area contributed by atoms with Crippen molar-refractivity contribution in [2.24, 2.45) is 0 Å². The minimum atomic E-state index is -4.36. The molecule has 14 heavy (non-hydrogen) atoms. The molecule has 1 aromatic heterocycles. The average molecular weight is 317 g/mol. The van der Waals surface area contributed by atoms with Crippen LogP contribution in [0.2, 0.25) is 0 Å². The number of pyridine rings is 1. The van der Waals surface area contributed by atoms with E-state index in [1.165, 1.54) is 13.0 Å². The summed E-state index contributed by atoms with van der Waals surface area (Å²) >= 11 is 1.89. The molecule has 0 fully saturated rings. The first-order valence-electron chi connectivity index (χ1n) is 3.74. The monoisotopic (exact) mass is 317 g/mol. The van der Waals surface area contributed by atoms with Crippen LogP contribution < -0.4 is 5.56 Å². The third-order valence-electron chi connectivity index (χ3n) is 1.73. The van der Waals surface area contributed by atoms with E-state index in [0.29, 0.717) is 9.26 Å². The number of alkyl halides is 3. The molecule has 0 aromatic carbocycles. The maximum atomic E-state index is 12.1. The molecular formula is C8H7F3INO. The van der Waals surface area contributed by atoms with Crippen LogP contribution in [0.15, 0.2) is 16.9 Å². The van der Waals surface area contributed by atoms with Crippen LogP contribution in [-0.2, 0) is 6.54 Å². The molecule has 0 aliphatic heterocycles. The molecule has 6 heteroatoms. The molecule has 0 atom stereocenters. The van der Waals surface area contributed by atoms with Gasteiger partial charge in [0.1, 0.15) is 6.54 Å². The summed E-state index contributed by atoms with van der Waals surface area (Å²) in [5.41, 5.74) is -0.282. The third kappa shape index (κ3) is 2.73. The normalized spacial score (nSPS) is 11.8. The van der Waals surface area contributed by atoms with E-state index >= 15 is 0 Å². The lowest BCUT2D eigenvalue weighted by Gasteiger charge is -2.12. The first-order chi connectivity index (χ1) is 6.31. The molecule has 0 aliphatic carbocycles. The molecule has 0 amide bonds. The van der Waals surface area contributed by atoms with Crippen LogP contribution in [-0.4, -0.2) is 10.7 Å². The lowest BCUT2D eigenvalue weighted by Crippen LogP contribution is -2.29. The van der Waals surface area contributed by atoms with Crippen LogP contribution >= 0.6 is 22.6 Å². The fourth-order valence-corrected chi connectivity index (χ4v) is 1.50. The smallest absolute Gasteiger partial charge is 0.303 e. The maximum absolute atomic E-state index is 12.1. The summed E-state index contributed by atoms with van der Waals surface area (Å²) in [6, 6.07) is 2.64. The van der Waals surface area contributed by atoms with Gasteiger partial charge >= 0.3 is 6.18 Å². The van der Waals surface area contributed by atoms with Crippen molar-refractivity contribution in [3.05, 3.63) is 31.8 Å². The Hall–Kier alpha value is -0.530. The lowest BCUT2D eigenvalue weighted by molar-refractivity contribution is -0.141. The molecule has 0 unspecified atom stereocenters. The molecule has 2 nitrogen and oxygen atoms in total. The second-order valence-electron chi connectivity index (χ2n) is 2.81. The third-order valence-corrected chi connectivity index (χ3v) is 2.87. The van der Waals surface area contributed by atoms with Gasteiger partial charge in [-0.3, -0.25) is 4.79 Å². The van der Waals surface area contributed by atoms with Gasteiger partial charge in [0.2, 0.25) is 0 Å². The molecule has 0 radical (unpaired) electrons. The van der Waals surface area contributed by atoms with E-state index in [4.69, 9.17) is 0 Å². The van der Waals surface area contributed by atoms with Crippen molar-refractivity contribution in [3.8, 4) is 0 Å². The minimum Gasteiger partial charge on any atom is -0.303 e. The Morgan fingerprint density at radius 2 is 2.00 bits per heavy atom. The van der Waals surface area contributed by atoms with Gasteiger partial charge in [-0.15, -0.1) is 0 Å². The fraction of sp³-hybridized carbons (Fsp3) is 0.375. The van der Waals surface area contributed by atoms with Gasteiger partial charge in [0, 0.05) is 15.3 Å². The summed E-state index contributed by atoms with van der Waals surface area (Å²) in [4.78, 5) is 11.1. The van der Waals surface area contributed by atoms with Crippen molar-refractivity contribution in [2.45, 2.75) is 19.6 Å². The molecular weight excluding hydrogens is 310 g/mol. The first kappa shape index (κ1) is 11.5. The Balaban J connectivity index is 3.20. The van der Waals surface area contributed by atoms with E-state index in [1.807, 2.05) is 22.6 Å². The van der Waals surface area contributed by atoms with Gasteiger partial charge in [0.25, 0.3) is 5.56 Å². The van der Waals surface area contributed by atoms with Gasteiger partial charge in [0.15, 0.2) is 0 Å². The lowest BCUT2D eigenvalue weighted by atomic mass is 10.3. The summed E-state index contributed by atoms with van der Waals surface area (Å²) in [6.45, 7) is 0.267. The fourth-order valence-electron chi connectivity index (χ4n) is 1.03. The summed E-state index contributed by atoms with van der Waals surface area (Å²) < 4.78 is 37.6. The Kier molecular flexibility index (Phi) is 3.23. The number of hydrogen-bond donors (Lipinski definition) is 0. The summed E-state index contributed by atoms with van der Waals surface area (Å²) in [5.74, 6) is 0. The van der Waals surface area contributed by atoms with Gasteiger partial charge in [-0.2, -0.15) is 13.2 Å². The van der Waals surface area contributed by atoms with Crippen molar-refractivity contribution >= 4 is 22.6 Å². The molecule has 0 saturated heterocycles. The second-order valence-corrected chi connectivity index (χ2v) is 3.97. The van der Waals surface area contributed by atoms with E-state index in [0.717, 1.165) is 10.6 Å². The van der Waals surface area contributed by atoms with Crippen LogP contribution in [0.3, 0.4) is 0 Å². The second kappa shape index (κ2) is 3.92. The predicted octanol–water partition coefficient (Wildman–Crippen LogP) is 2.32. The van der Waals surface area contributed by atoms with Crippen LogP contribution in [0.5, 0.6) is 0 Å². The summed E-state index contributed by atoms with van der Waals surface area (Å²) in [7, 11) is 0. The van der Waals surface area contributed by atoms with Crippen LogP contribution in [0, 0.1) is 10.5 Å². The van der Waals surface area contributed by atoms with Crippen molar-refractivity contribution in [1.82, 2.24) is 4.57 Å². The predicted molar refractivity (Wildman–Crippen MR) is 54.2 cm³/mol. The molecule has 0 saturated carbocycles. The van der Waals surface area contributed by atoms with Crippen molar-refractivity contribution in [3.63, 3.8) is 0 Å². The van der Waals surface area contributed by atoms with Gasteiger partial charge in [-0.25, -0.2) is 0 Å². The molecule has 0 aliphatic rings. The average Bonchev–Trinajstić information content (AvgIpc) is 2.04. The molecule has 0 N–H and O–H groups in total. The zero-order chi connectivity index (χ0) is 10.9. The zero-order valence-corrected chi connectivity index (χ0v) is 9.39. The number of aromatic nitrogens is 1. The Morgan fingerprint density at radius 1 is 1.43 bits per heavy atom. The van der Waals surface area contributed by atoms with Crippen LogP contribution in [0.25, 0.3) is 0 Å². The van der Waals surface area contributed by atoms with Gasteiger partial charge in [-0.05, 0) is 35.6 Å². The molecule has 1 aromatic rings. The standard InChI is InChI=1S/C8H7F3INO/c1-5-6(12)2-3-7(14)13(5)4-8(9,10)11/h2-3H,4H2,1H3. The van der Waals surface area contributed by atoms with Crippen LogP contribution in [0.4, 0.5) is 13.2 Å². The van der Waals surface area contributed by atoms with Crippen molar-refractivity contribution < 1.29 is 13.2 Å². The number of nitrogens with zero attached hydrogens (tertiary/aromatic N) is 1. The highest BCUT2D eigenvalue weighted by Gasteiger charge is 2.29. The first-order valence-corrected chi connectivity index (χ1v) is 4.82.